The third kappa shape index (κ3) is 2.06. The largest absolute Gasteiger partial charge is 0.295 e. The molecule has 4 heteroatoms. The molecule has 0 atom stereocenters. The number of aromatic nitrogens is 1. The molecule has 14 heavy (non-hydrogen) atoms. The zero-order valence-corrected chi connectivity index (χ0v) is 10.2. The summed E-state index contributed by atoms with van der Waals surface area (Å²) in [6.45, 7) is 0. The van der Waals surface area contributed by atoms with Gasteiger partial charge in [0.2, 0.25) is 0 Å². The lowest BCUT2D eigenvalue weighted by atomic mass is 9.89. The van der Waals surface area contributed by atoms with E-state index in [0.29, 0.717) is 10.9 Å². The summed E-state index contributed by atoms with van der Waals surface area (Å²) in [5.41, 5.74) is 0. The van der Waals surface area contributed by atoms with Gasteiger partial charge in [0.1, 0.15) is 4.60 Å². The van der Waals surface area contributed by atoms with Crippen molar-refractivity contribution in [1.29, 1.82) is 0 Å². The Kier molecular flexibility index (Phi) is 3.34. The minimum atomic E-state index is 0.595. The number of aldehydes is 1. The lowest BCUT2D eigenvalue weighted by molar-refractivity contribution is 0.112. The Bertz CT molecular complexity index is 331. The van der Waals surface area contributed by atoms with Gasteiger partial charge in [-0.3, -0.25) is 4.79 Å². The molecular formula is C10H12BrNOS. The maximum atomic E-state index is 10.6. The van der Waals surface area contributed by atoms with Crippen LogP contribution in [0.3, 0.4) is 0 Å². The first kappa shape index (κ1) is 10.3. The number of carbonyl (C=O) groups is 1. The molecule has 2 rings (SSSR count). The Morgan fingerprint density at radius 3 is 2.64 bits per heavy atom. The van der Waals surface area contributed by atoms with Gasteiger partial charge in [-0.05, 0) is 34.7 Å². The van der Waals surface area contributed by atoms with Crippen molar-refractivity contribution in [3.8, 4) is 0 Å². The Morgan fingerprint density at radius 1 is 1.36 bits per heavy atom. The predicted octanol–water partition coefficient (Wildman–Crippen LogP) is 3.77. The standard InChI is InChI=1S/C10H12BrNOS/c11-10-9(14-8(6-13)12-10)7-4-2-1-3-5-7/h6-7H,1-5H2. The average Bonchev–Trinajstić information content (AvgIpc) is 2.61. The van der Waals surface area contributed by atoms with Crippen molar-refractivity contribution in [2.45, 2.75) is 38.0 Å². The van der Waals surface area contributed by atoms with Crippen LogP contribution in [0.15, 0.2) is 4.60 Å². The van der Waals surface area contributed by atoms with E-state index < -0.39 is 0 Å². The molecule has 1 aromatic rings. The molecule has 1 aliphatic carbocycles. The maximum absolute atomic E-state index is 10.6. The van der Waals surface area contributed by atoms with Crippen LogP contribution in [0.25, 0.3) is 0 Å². The molecule has 0 aliphatic heterocycles. The van der Waals surface area contributed by atoms with Gasteiger partial charge in [0, 0.05) is 4.88 Å². The smallest absolute Gasteiger partial charge is 0.178 e. The van der Waals surface area contributed by atoms with Crippen molar-refractivity contribution in [3.05, 3.63) is 14.5 Å². The van der Waals surface area contributed by atoms with E-state index in [1.54, 1.807) is 0 Å². The van der Waals surface area contributed by atoms with Crippen molar-refractivity contribution in [2.24, 2.45) is 0 Å². The summed E-state index contributed by atoms with van der Waals surface area (Å²) in [5.74, 6) is 0.629. The molecule has 2 nitrogen and oxygen atoms in total. The molecule has 0 saturated heterocycles. The number of rotatable bonds is 2. The maximum Gasteiger partial charge on any atom is 0.178 e. The van der Waals surface area contributed by atoms with Crippen molar-refractivity contribution >= 4 is 33.6 Å². The quantitative estimate of drug-likeness (QED) is 0.768. The van der Waals surface area contributed by atoms with Crippen molar-refractivity contribution in [2.75, 3.05) is 0 Å². The van der Waals surface area contributed by atoms with Crippen LogP contribution in [0, 0.1) is 0 Å². The fourth-order valence-corrected chi connectivity index (χ4v) is 3.81. The molecule has 0 spiro atoms. The highest BCUT2D eigenvalue weighted by atomic mass is 79.9. The molecule has 1 saturated carbocycles. The summed E-state index contributed by atoms with van der Waals surface area (Å²) in [6.07, 6.45) is 7.31. The average molecular weight is 274 g/mol. The fourth-order valence-electron chi connectivity index (χ4n) is 2.00. The normalized spacial score (nSPS) is 18.4. The van der Waals surface area contributed by atoms with E-state index >= 15 is 0 Å². The third-order valence-electron chi connectivity index (χ3n) is 2.70. The Labute approximate surface area is 95.9 Å². The first-order chi connectivity index (χ1) is 6.81. The van der Waals surface area contributed by atoms with Gasteiger partial charge in [0.15, 0.2) is 11.3 Å². The molecule has 1 aliphatic rings. The summed E-state index contributed by atoms with van der Waals surface area (Å²) >= 11 is 4.97. The summed E-state index contributed by atoms with van der Waals surface area (Å²) in [5, 5.41) is 0.595. The number of nitrogens with zero attached hydrogens (tertiary/aromatic N) is 1. The Balaban J connectivity index is 2.20. The van der Waals surface area contributed by atoms with E-state index in [1.807, 2.05) is 0 Å². The van der Waals surface area contributed by atoms with Crippen LogP contribution >= 0.6 is 27.3 Å². The number of thiazole rings is 1. The first-order valence-corrected chi connectivity index (χ1v) is 6.53. The summed E-state index contributed by atoms with van der Waals surface area (Å²) in [6, 6.07) is 0. The molecule has 0 unspecified atom stereocenters. The van der Waals surface area contributed by atoms with Crippen LogP contribution in [-0.4, -0.2) is 11.3 Å². The van der Waals surface area contributed by atoms with E-state index in [1.165, 1.54) is 48.3 Å². The second-order valence-electron chi connectivity index (χ2n) is 3.66. The minimum Gasteiger partial charge on any atom is -0.295 e. The molecule has 0 N–H and O–H groups in total. The summed E-state index contributed by atoms with van der Waals surface area (Å²) < 4.78 is 0.886. The highest BCUT2D eigenvalue weighted by Gasteiger charge is 2.21. The predicted molar refractivity (Wildman–Crippen MR) is 61.0 cm³/mol. The zero-order chi connectivity index (χ0) is 9.97. The van der Waals surface area contributed by atoms with E-state index in [2.05, 4.69) is 20.9 Å². The molecule has 1 aromatic heterocycles. The highest BCUT2D eigenvalue weighted by Crippen LogP contribution is 2.39. The van der Waals surface area contributed by atoms with Crippen LogP contribution in [0.5, 0.6) is 0 Å². The van der Waals surface area contributed by atoms with E-state index in [9.17, 15) is 4.79 Å². The molecule has 1 heterocycles. The van der Waals surface area contributed by atoms with Crippen molar-refractivity contribution < 1.29 is 4.79 Å². The molecule has 0 aromatic carbocycles. The van der Waals surface area contributed by atoms with Crippen molar-refractivity contribution in [1.82, 2.24) is 4.98 Å². The number of halogens is 1. The molecule has 76 valence electrons. The van der Waals surface area contributed by atoms with Gasteiger partial charge in [-0.15, -0.1) is 11.3 Å². The van der Waals surface area contributed by atoms with Gasteiger partial charge in [0.25, 0.3) is 0 Å². The number of carbonyl (C=O) groups excluding carboxylic acids is 1. The van der Waals surface area contributed by atoms with Gasteiger partial charge in [0.05, 0.1) is 0 Å². The van der Waals surface area contributed by atoms with Crippen LogP contribution in [0.1, 0.15) is 52.7 Å². The second-order valence-corrected chi connectivity index (χ2v) is 5.47. The Hall–Kier alpha value is -0.220. The van der Waals surface area contributed by atoms with Crippen LogP contribution in [0.2, 0.25) is 0 Å². The van der Waals surface area contributed by atoms with Crippen LogP contribution < -0.4 is 0 Å². The second kappa shape index (κ2) is 4.53. The topological polar surface area (TPSA) is 30.0 Å². The number of hydrogen-bond acceptors (Lipinski definition) is 3. The molecule has 0 amide bonds. The van der Waals surface area contributed by atoms with Gasteiger partial charge in [-0.1, -0.05) is 19.3 Å². The lowest BCUT2D eigenvalue weighted by Crippen LogP contribution is -2.02. The van der Waals surface area contributed by atoms with Gasteiger partial charge in [-0.2, -0.15) is 0 Å². The first-order valence-electron chi connectivity index (χ1n) is 4.92. The minimum absolute atomic E-state index is 0.595. The van der Waals surface area contributed by atoms with Gasteiger partial charge in [-0.25, -0.2) is 4.98 Å². The van der Waals surface area contributed by atoms with E-state index in [0.717, 1.165) is 10.9 Å². The monoisotopic (exact) mass is 273 g/mol. The van der Waals surface area contributed by atoms with Crippen LogP contribution in [0.4, 0.5) is 0 Å². The van der Waals surface area contributed by atoms with E-state index in [-0.39, 0.29) is 0 Å². The molecule has 0 bridgehead atoms. The third-order valence-corrected chi connectivity index (χ3v) is 4.71. The molecular weight excluding hydrogens is 262 g/mol. The van der Waals surface area contributed by atoms with Gasteiger partial charge >= 0.3 is 0 Å². The van der Waals surface area contributed by atoms with E-state index in [4.69, 9.17) is 0 Å². The number of hydrogen-bond donors (Lipinski definition) is 0. The van der Waals surface area contributed by atoms with Crippen LogP contribution in [-0.2, 0) is 0 Å². The molecule has 0 radical (unpaired) electrons. The lowest BCUT2D eigenvalue weighted by Gasteiger charge is -2.20. The SMILES string of the molecule is O=Cc1nc(Br)c(C2CCCCC2)s1. The Morgan fingerprint density at radius 2 is 2.07 bits per heavy atom. The summed E-state index contributed by atoms with van der Waals surface area (Å²) in [4.78, 5) is 16.0. The fraction of sp³-hybridized carbons (Fsp3) is 0.600. The van der Waals surface area contributed by atoms with Crippen molar-refractivity contribution in [3.63, 3.8) is 0 Å². The molecule has 1 fully saturated rings. The zero-order valence-electron chi connectivity index (χ0n) is 7.83. The summed E-state index contributed by atoms with van der Waals surface area (Å²) in [7, 11) is 0. The highest BCUT2D eigenvalue weighted by molar-refractivity contribution is 9.10. The van der Waals surface area contributed by atoms with Gasteiger partial charge < -0.3 is 0 Å².